The molecule has 0 aromatic heterocycles. The predicted octanol–water partition coefficient (Wildman–Crippen LogP) is 3.65. The molecule has 0 bridgehead atoms. The summed E-state index contributed by atoms with van der Waals surface area (Å²) in [6, 6.07) is 0. The highest BCUT2D eigenvalue weighted by molar-refractivity contribution is 5.70. The largest absolute Gasteiger partial charge is 0.457 e. The highest BCUT2D eigenvalue weighted by Crippen LogP contribution is 2.37. The molecule has 0 aliphatic carbocycles. The van der Waals surface area contributed by atoms with E-state index in [1.807, 2.05) is 39.0 Å². The first-order valence-corrected chi connectivity index (χ1v) is 14.4. The molecule has 0 amide bonds. The molecule has 9 nitrogen and oxygen atoms in total. The van der Waals surface area contributed by atoms with Gasteiger partial charge in [0.15, 0.2) is 0 Å². The number of rotatable bonds is 10. The quantitative estimate of drug-likeness (QED) is 0.157. The van der Waals surface area contributed by atoms with Gasteiger partial charge in [-0.05, 0) is 44.8 Å². The number of cyclic esters (lactones) is 1. The van der Waals surface area contributed by atoms with E-state index in [1.54, 1.807) is 26.2 Å². The van der Waals surface area contributed by atoms with Crippen LogP contribution in [0.15, 0.2) is 36.0 Å². The Morgan fingerprint density at radius 2 is 1.93 bits per heavy atom. The monoisotopic (exact) mass is 566 g/mol. The second kappa shape index (κ2) is 15.3. The molecule has 11 atom stereocenters. The summed E-state index contributed by atoms with van der Waals surface area (Å²) in [7, 11) is 1.69. The maximum atomic E-state index is 12.6. The van der Waals surface area contributed by atoms with Crippen LogP contribution in [-0.2, 0) is 28.5 Å². The minimum Gasteiger partial charge on any atom is -0.457 e. The van der Waals surface area contributed by atoms with Crippen LogP contribution in [0.3, 0.4) is 0 Å². The highest BCUT2D eigenvalue weighted by Gasteiger charge is 2.50. The van der Waals surface area contributed by atoms with Gasteiger partial charge in [0.05, 0.1) is 30.8 Å². The summed E-state index contributed by atoms with van der Waals surface area (Å²) in [6.07, 6.45) is 6.42. The van der Waals surface area contributed by atoms with E-state index in [1.165, 1.54) is 6.92 Å². The number of aliphatic hydroxyl groups is 3. The lowest BCUT2D eigenvalue weighted by Gasteiger charge is -2.32. The molecule has 0 radical (unpaired) electrons. The van der Waals surface area contributed by atoms with Gasteiger partial charge in [0.2, 0.25) is 0 Å². The van der Waals surface area contributed by atoms with Crippen molar-refractivity contribution in [1.82, 2.24) is 0 Å². The maximum absolute atomic E-state index is 12.6. The average molecular weight is 567 g/mol. The Kier molecular flexibility index (Phi) is 13.0. The van der Waals surface area contributed by atoms with Gasteiger partial charge < -0.3 is 34.3 Å². The maximum Gasteiger partial charge on any atom is 0.309 e. The molecule has 0 aromatic rings. The first-order chi connectivity index (χ1) is 18.7. The summed E-state index contributed by atoms with van der Waals surface area (Å²) in [6.45, 7) is 12.6. The topological polar surface area (TPSA) is 135 Å². The summed E-state index contributed by atoms with van der Waals surface area (Å²) < 4.78 is 22.5. The van der Waals surface area contributed by atoms with Crippen LogP contribution in [0.2, 0.25) is 0 Å². The van der Waals surface area contributed by atoms with Gasteiger partial charge in [-0.2, -0.15) is 0 Å². The van der Waals surface area contributed by atoms with Gasteiger partial charge >= 0.3 is 11.9 Å². The lowest BCUT2D eigenvalue weighted by Crippen LogP contribution is -2.42. The molecule has 2 aliphatic heterocycles. The molecule has 1 saturated heterocycles. The molecule has 0 spiro atoms. The lowest BCUT2D eigenvalue weighted by atomic mass is 9.88. The van der Waals surface area contributed by atoms with Crippen molar-refractivity contribution < 1.29 is 43.9 Å². The molecule has 228 valence electrons. The van der Waals surface area contributed by atoms with Crippen molar-refractivity contribution in [2.45, 2.75) is 122 Å². The van der Waals surface area contributed by atoms with Crippen molar-refractivity contribution in [3.8, 4) is 0 Å². The zero-order valence-electron chi connectivity index (χ0n) is 25.3. The Labute approximate surface area is 239 Å². The van der Waals surface area contributed by atoms with Crippen molar-refractivity contribution in [3.05, 3.63) is 36.0 Å². The van der Waals surface area contributed by atoms with E-state index in [0.29, 0.717) is 0 Å². The molecular weight excluding hydrogens is 516 g/mol. The molecule has 9 heteroatoms. The van der Waals surface area contributed by atoms with Crippen LogP contribution in [0, 0.1) is 17.8 Å². The smallest absolute Gasteiger partial charge is 0.309 e. The molecule has 3 N–H and O–H groups in total. The first kappa shape index (κ1) is 34.2. The fraction of sp³-hybridized carbons (Fsp3) is 0.742. The van der Waals surface area contributed by atoms with Crippen molar-refractivity contribution in [2.24, 2.45) is 17.8 Å². The average Bonchev–Trinajstić information content (AvgIpc) is 3.68. The van der Waals surface area contributed by atoms with Crippen LogP contribution >= 0.6 is 0 Å². The van der Waals surface area contributed by atoms with Gasteiger partial charge in [-0.3, -0.25) is 9.59 Å². The van der Waals surface area contributed by atoms with Crippen molar-refractivity contribution in [3.63, 3.8) is 0 Å². The molecule has 2 aliphatic rings. The van der Waals surface area contributed by atoms with Gasteiger partial charge in [0.25, 0.3) is 0 Å². The fourth-order valence-corrected chi connectivity index (χ4v) is 5.32. The van der Waals surface area contributed by atoms with Crippen LogP contribution in [0.1, 0.15) is 74.1 Å². The minimum atomic E-state index is -1.42. The van der Waals surface area contributed by atoms with Gasteiger partial charge in [-0.25, -0.2) is 0 Å². The van der Waals surface area contributed by atoms with Gasteiger partial charge in [0.1, 0.15) is 23.9 Å². The number of epoxide rings is 1. The van der Waals surface area contributed by atoms with Crippen molar-refractivity contribution in [1.29, 1.82) is 0 Å². The van der Waals surface area contributed by atoms with Gasteiger partial charge in [0, 0.05) is 31.8 Å². The summed E-state index contributed by atoms with van der Waals surface area (Å²) in [5.74, 6) is -1.39. The summed E-state index contributed by atoms with van der Waals surface area (Å²) >= 11 is 0. The van der Waals surface area contributed by atoms with E-state index >= 15 is 0 Å². The van der Waals surface area contributed by atoms with Crippen LogP contribution < -0.4 is 0 Å². The summed E-state index contributed by atoms with van der Waals surface area (Å²) in [5, 5.41) is 32.2. The number of hydrogen-bond donors (Lipinski definition) is 3. The first-order valence-electron chi connectivity index (χ1n) is 14.4. The number of methoxy groups -OCH3 is 1. The van der Waals surface area contributed by atoms with E-state index in [4.69, 9.17) is 18.9 Å². The van der Waals surface area contributed by atoms with E-state index in [9.17, 15) is 24.9 Å². The van der Waals surface area contributed by atoms with Crippen molar-refractivity contribution in [2.75, 3.05) is 7.11 Å². The van der Waals surface area contributed by atoms with E-state index in [-0.39, 0.29) is 55.3 Å². The minimum absolute atomic E-state index is 0.0387. The van der Waals surface area contributed by atoms with E-state index in [2.05, 4.69) is 13.8 Å². The Hall–Kier alpha value is -2.04. The third kappa shape index (κ3) is 9.80. The van der Waals surface area contributed by atoms with Crippen LogP contribution in [0.4, 0.5) is 0 Å². The van der Waals surface area contributed by atoms with Gasteiger partial charge in [-0.15, -0.1) is 0 Å². The third-order valence-electron chi connectivity index (χ3n) is 8.09. The lowest BCUT2D eigenvalue weighted by molar-refractivity contribution is -0.157. The highest BCUT2D eigenvalue weighted by atomic mass is 16.6. The predicted molar refractivity (Wildman–Crippen MR) is 151 cm³/mol. The molecule has 0 aromatic carbocycles. The summed E-state index contributed by atoms with van der Waals surface area (Å²) in [5.41, 5.74) is -0.666. The number of carbonyl (C=O) groups is 2. The molecule has 2 heterocycles. The van der Waals surface area contributed by atoms with Gasteiger partial charge in [-0.1, -0.05) is 52.0 Å². The number of ether oxygens (including phenoxy) is 4. The summed E-state index contributed by atoms with van der Waals surface area (Å²) in [4.78, 5) is 24.3. The Morgan fingerprint density at radius 3 is 2.52 bits per heavy atom. The third-order valence-corrected chi connectivity index (χ3v) is 8.09. The number of aliphatic hydroxyl groups excluding tert-OH is 2. The Balaban J connectivity index is 2.16. The van der Waals surface area contributed by atoms with Crippen molar-refractivity contribution >= 4 is 11.9 Å². The number of carbonyl (C=O) groups excluding carboxylic acids is 2. The molecular formula is C31H50O9. The zero-order valence-corrected chi connectivity index (χ0v) is 25.3. The normalized spacial score (nSPS) is 36.0. The molecule has 40 heavy (non-hydrogen) atoms. The Bertz CT molecular complexity index is 920. The number of hydrogen-bond acceptors (Lipinski definition) is 9. The standard InChI is InChI=1S/C31H50O9/c1-9-24(37-8)21(5)29-30(40-29)27(35)18(2)11-10-12-19(3)28-20(4)13-14-25(38-22(6)32)31(7,36)16-15-23(33)17-26(34)39-28/h10-14,18,20-21,23-25,27-30,33,35-36H,9,15-17H2,1-8H3/b11-10+,14-13+,19-12+/t18-,20+,21-,23-,24+,25+,27+,28-,29-,30-,31-/m1/s1. The second-order valence-corrected chi connectivity index (χ2v) is 11.7. The fourth-order valence-electron chi connectivity index (χ4n) is 5.32. The zero-order chi connectivity index (χ0) is 30.2. The Morgan fingerprint density at radius 1 is 1.25 bits per heavy atom. The van der Waals surface area contributed by atoms with E-state index in [0.717, 1.165) is 12.0 Å². The molecule has 0 unspecified atom stereocenters. The molecule has 1 fully saturated rings. The van der Waals surface area contributed by atoms with Crippen LogP contribution in [0.25, 0.3) is 0 Å². The number of allylic oxidation sites excluding steroid dienone is 2. The van der Waals surface area contributed by atoms with Crippen LogP contribution in [0.5, 0.6) is 0 Å². The second-order valence-electron chi connectivity index (χ2n) is 11.7. The molecule has 2 rings (SSSR count). The SMILES string of the molecule is CC[C@H](OC)[C@@H](C)[C@H]1O[C@@H]1[C@@H](O)[C@H](C)/C=C/C=C(\C)[C@H]1OC(=O)C[C@H](O)CC[C@@](C)(O)[C@@H](OC(C)=O)/C=C/[C@@H]1C. The van der Waals surface area contributed by atoms with Crippen LogP contribution in [-0.4, -0.2) is 82.7 Å². The molecule has 0 saturated carbocycles. The number of esters is 2. The van der Waals surface area contributed by atoms with E-state index < -0.39 is 42.0 Å².